The number of nitrogens with zero attached hydrogens (tertiary/aromatic N) is 3. The predicted octanol–water partition coefficient (Wildman–Crippen LogP) is 6.65. The second-order valence-corrected chi connectivity index (χ2v) is 10.1. The van der Waals surface area contributed by atoms with Crippen molar-refractivity contribution in [3.63, 3.8) is 0 Å². The van der Waals surface area contributed by atoms with Crippen LogP contribution in [-0.2, 0) is 11.3 Å². The molecular formula is C31H35N3O2. The number of benzene rings is 3. The Morgan fingerprint density at radius 1 is 0.889 bits per heavy atom. The van der Waals surface area contributed by atoms with Gasteiger partial charge in [0, 0.05) is 31.1 Å². The summed E-state index contributed by atoms with van der Waals surface area (Å²) >= 11 is 0. The van der Waals surface area contributed by atoms with Crippen LogP contribution in [0.3, 0.4) is 0 Å². The number of para-hydroxylation sites is 3. The van der Waals surface area contributed by atoms with Crippen LogP contribution in [0, 0.1) is 27.7 Å². The third kappa shape index (κ3) is 4.75. The van der Waals surface area contributed by atoms with Crippen molar-refractivity contribution in [3.8, 4) is 5.75 Å². The number of hydrogen-bond donors (Lipinski definition) is 0. The smallest absolute Gasteiger partial charge is 0.227 e. The molecule has 186 valence electrons. The van der Waals surface area contributed by atoms with Crippen molar-refractivity contribution < 1.29 is 9.53 Å². The average molecular weight is 482 g/mol. The SMILES string of the molecule is Cc1ccc(OCCCCn2c(C3CC(=O)N(c4c(C)cccc4C)C3)nc3ccccc32)cc1C. The number of carbonyl (C=O) groups is 1. The van der Waals surface area contributed by atoms with Gasteiger partial charge in [0.2, 0.25) is 5.91 Å². The molecule has 0 aliphatic carbocycles. The van der Waals surface area contributed by atoms with Gasteiger partial charge in [-0.2, -0.15) is 0 Å². The van der Waals surface area contributed by atoms with Crippen LogP contribution in [0.2, 0.25) is 0 Å². The van der Waals surface area contributed by atoms with Gasteiger partial charge < -0.3 is 14.2 Å². The van der Waals surface area contributed by atoms with Crippen molar-refractivity contribution in [2.75, 3.05) is 18.1 Å². The quantitative estimate of drug-likeness (QED) is 0.265. The van der Waals surface area contributed by atoms with Crippen molar-refractivity contribution in [2.24, 2.45) is 0 Å². The maximum Gasteiger partial charge on any atom is 0.227 e. The van der Waals surface area contributed by atoms with Crippen LogP contribution < -0.4 is 9.64 Å². The summed E-state index contributed by atoms with van der Waals surface area (Å²) in [5.74, 6) is 2.21. The first-order valence-corrected chi connectivity index (χ1v) is 12.9. The van der Waals surface area contributed by atoms with Crippen LogP contribution in [-0.4, -0.2) is 28.6 Å². The molecule has 0 spiro atoms. The molecule has 4 aromatic rings. The van der Waals surface area contributed by atoms with E-state index in [0.717, 1.165) is 58.8 Å². The number of amides is 1. The highest BCUT2D eigenvalue weighted by molar-refractivity contribution is 5.98. The lowest BCUT2D eigenvalue weighted by molar-refractivity contribution is -0.117. The summed E-state index contributed by atoms with van der Waals surface area (Å²) in [4.78, 5) is 20.1. The molecule has 5 heteroatoms. The zero-order valence-corrected chi connectivity index (χ0v) is 21.8. The van der Waals surface area contributed by atoms with E-state index in [1.54, 1.807) is 0 Å². The Labute approximate surface area is 213 Å². The van der Waals surface area contributed by atoms with E-state index in [1.165, 1.54) is 11.1 Å². The van der Waals surface area contributed by atoms with E-state index < -0.39 is 0 Å². The van der Waals surface area contributed by atoms with Gasteiger partial charge in [-0.05, 0) is 87.1 Å². The number of imidazole rings is 1. The van der Waals surface area contributed by atoms with Gasteiger partial charge in [0.1, 0.15) is 11.6 Å². The van der Waals surface area contributed by atoms with E-state index in [9.17, 15) is 4.79 Å². The van der Waals surface area contributed by atoms with Gasteiger partial charge in [-0.15, -0.1) is 0 Å². The van der Waals surface area contributed by atoms with E-state index in [-0.39, 0.29) is 11.8 Å². The van der Waals surface area contributed by atoms with E-state index >= 15 is 0 Å². The molecule has 1 amide bonds. The van der Waals surface area contributed by atoms with Crippen LogP contribution in [0.4, 0.5) is 5.69 Å². The molecule has 5 nitrogen and oxygen atoms in total. The summed E-state index contributed by atoms with van der Waals surface area (Å²) in [5, 5.41) is 0. The molecule has 0 bridgehead atoms. The maximum atomic E-state index is 13.1. The minimum atomic E-state index is 0.0793. The fourth-order valence-corrected chi connectivity index (χ4v) is 5.33. The molecule has 1 aliphatic heterocycles. The van der Waals surface area contributed by atoms with Crippen LogP contribution in [0.25, 0.3) is 11.0 Å². The Morgan fingerprint density at radius 2 is 1.67 bits per heavy atom. The number of aryl methyl sites for hydroxylation is 5. The average Bonchev–Trinajstić information content (AvgIpc) is 3.41. The Morgan fingerprint density at radius 3 is 2.44 bits per heavy atom. The van der Waals surface area contributed by atoms with Crippen molar-refractivity contribution >= 4 is 22.6 Å². The lowest BCUT2D eigenvalue weighted by atomic mass is 10.1. The molecule has 3 aromatic carbocycles. The Balaban J connectivity index is 1.31. The van der Waals surface area contributed by atoms with Crippen molar-refractivity contribution in [2.45, 2.75) is 59.4 Å². The fraction of sp³-hybridized carbons (Fsp3) is 0.355. The summed E-state index contributed by atoms with van der Waals surface area (Å²) in [5.41, 5.74) is 8.00. The third-order valence-corrected chi connectivity index (χ3v) is 7.41. The third-order valence-electron chi connectivity index (χ3n) is 7.41. The van der Waals surface area contributed by atoms with E-state index in [0.29, 0.717) is 19.6 Å². The summed E-state index contributed by atoms with van der Waals surface area (Å²) in [6.45, 7) is 10.6. The van der Waals surface area contributed by atoms with E-state index in [4.69, 9.17) is 9.72 Å². The first kappa shape index (κ1) is 24.1. The molecule has 1 aromatic heterocycles. The van der Waals surface area contributed by atoms with Crippen LogP contribution in [0.1, 0.15) is 53.3 Å². The molecule has 1 fully saturated rings. The van der Waals surface area contributed by atoms with Gasteiger partial charge in [0.15, 0.2) is 0 Å². The Bertz CT molecular complexity index is 1380. The zero-order chi connectivity index (χ0) is 25.2. The largest absolute Gasteiger partial charge is 0.494 e. The Kier molecular flexibility index (Phi) is 6.82. The van der Waals surface area contributed by atoms with Gasteiger partial charge in [-0.25, -0.2) is 4.98 Å². The highest BCUT2D eigenvalue weighted by Gasteiger charge is 2.35. The van der Waals surface area contributed by atoms with Crippen LogP contribution >= 0.6 is 0 Å². The van der Waals surface area contributed by atoms with Crippen molar-refractivity contribution in [1.82, 2.24) is 9.55 Å². The number of rotatable bonds is 8. The normalized spacial score (nSPS) is 15.7. The van der Waals surface area contributed by atoms with Crippen LogP contribution in [0.15, 0.2) is 60.7 Å². The van der Waals surface area contributed by atoms with Gasteiger partial charge in [-0.1, -0.05) is 36.4 Å². The zero-order valence-electron chi connectivity index (χ0n) is 21.8. The first-order valence-electron chi connectivity index (χ1n) is 12.9. The van der Waals surface area contributed by atoms with Gasteiger partial charge in [0.25, 0.3) is 0 Å². The number of fused-ring (bicyclic) bond motifs is 1. The summed E-state index contributed by atoms with van der Waals surface area (Å²) < 4.78 is 8.33. The number of aromatic nitrogens is 2. The molecule has 5 rings (SSSR count). The van der Waals surface area contributed by atoms with E-state index in [2.05, 4.69) is 80.8 Å². The maximum absolute atomic E-state index is 13.1. The second-order valence-electron chi connectivity index (χ2n) is 10.1. The fourth-order valence-electron chi connectivity index (χ4n) is 5.33. The van der Waals surface area contributed by atoms with Crippen LogP contribution in [0.5, 0.6) is 5.75 Å². The standard InChI is InChI=1S/C31H35N3O2/c1-21-14-15-26(18-24(21)4)36-17-8-7-16-33-28-13-6-5-12-27(28)32-31(33)25-19-29(35)34(20-25)30-22(2)10-9-11-23(30)3/h5-6,9-15,18,25H,7-8,16-17,19-20H2,1-4H3. The highest BCUT2D eigenvalue weighted by atomic mass is 16.5. The molecule has 36 heavy (non-hydrogen) atoms. The van der Waals surface area contributed by atoms with Gasteiger partial charge in [-0.3, -0.25) is 4.79 Å². The molecule has 0 radical (unpaired) electrons. The van der Waals surface area contributed by atoms with E-state index in [1.807, 2.05) is 17.0 Å². The summed E-state index contributed by atoms with van der Waals surface area (Å²) in [6.07, 6.45) is 2.43. The second kappa shape index (κ2) is 10.2. The molecule has 1 atom stereocenters. The number of carbonyl (C=O) groups excluding carboxylic acids is 1. The lowest BCUT2D eigenvalue weighted by Crippen LogP contribution is -2.26. The summed E-state index contributed by atoms with van der Waals surface area (Å²) in [6, 6.07) is 20.8. The molecule has 1 aliphatic rings. The monoisotopic (exact) mass is 481 g/mol. The van der Waals surface area contributed by atoms with Gasteiger partial charge in [0.05, 0.1) is 17.6 Å². The molecule has 1 unspecified atom stereocenters. The number of ether oxygens (including phenoxy) is 1. The molecular weight excluding hydrogens is 446 g/mol. The van der Waals surface area contributed by atoms with Crippen molar-refractivity contribution in [1.29, 1.82) is 0 Å². The predicted molar refractivity (Wildman–Crippen MR) is 146 cm³/mol. The minimum Gasteiger partial charge on any atom is -0.494 e. The Hall–Kier alpha value is -3.60. The number of hydrogen-bond acceptors (Lipinski definition) is 3. The number of anilines is 1. The molecule has 0 N–H and O–H groups in total. The summed E-state index contributed by atoms with van der Waals surface area (Å²) in [7, 11) is 0. The topological polar surface area (TPSA) is 47.4 Å². The van der Waals surface area contributed by atoms with Gasteiger partial charge >= 0.3 is 0 Å². The highest BCUT2D eigenvalue weighted by Crippen LogP contribution is 2.36. The first-order chi connectivity index (χ1) is 17.4. The molecule has 2 heterocycles. The lowest BCUT2D eigenvalue weighted by Gasteiger charge is -2.21. The molecule has 0 saturated carbocycles. The number of unbranched alkanes of at least 4 members (excludes halogenated alkanes) is 1. The minimum absolute atomic E-state index is 0.0793. The molecule has 1 saturated heterocycles. The van der Waals surface area contributed by atoms with Crippen molar-refractivity contribution in [3.05, 3.63) is 88.7 Å².